The van der Waals surface area contributed by atoms with Crippen LogP contribution in [-0.2, 0) is 5.60 Å². The van der Waals surface area contributed by atoms with E-state index in [1.165, 1.54) is 0 Å². The fourth-order valence-corrected chi connectivity index (χ4v) is 4.79. The summed E-state index contributed by atoms with van der Waals surface area (Å²) in [6, 6.07) is 3.63. The predicted octanol–water partition coefficient (Wildman–Crippen LogP) is 2.86. The largest absolute Gasteiger partial charge is 0.465 e. The number of aromatic nitrogens is 2. The van der Waals surface area contributed by atoms with E-state index in [4.69, 9.17) is 16.7 Å². The zero-order valence-electron chi connectivity index (χ0n) is 12.4. The SMILES string of the molecule is O=C(O)N[C@@H]1C[C@@H]2C[C@@](O)(c3cc(Cl)cc4[nH]ncc34)C[C@@H]2C1. The zero-order valence-corrected chi connectivity index (χ0v) is 13.2. The highest BCUT2D eigenvalue weighted by atomic mass is 35.5. The lowest BCUT2D eigenvalue weighted by atomic mass is 9.87. The van der Waals surface area contributed by atoms with E-state index in [1.807, 2.05) is 6.07 Å². The van der Waals surface area contributed by atoms with Crippen molar-refractivity contribution in [3.63, 3.8) is 0 Å². The second-order valence-corrected chi connectivity index (χ2v) is 7.30. The van der Waals surface area contributed by atoms with Gasteiger partial charge in [-0.2, -0.15) is 5.10 Å². The minimum absolute atomic E-state index is 0.000329. The van der Waals surface area contributed by atoms with Gasteiger partial charge in [-0.3, -0.25) is 5.10 Å². The molecule has 0 spiro atoms. The highest BCUT2D eigenvalue weighted by molar-refractivity contribution is 6.31. The minimum atomic E-state index is -0.972. The molecule has 2 fully saturated rings. The van der Waals surface area contributed by atoms with E-state index < -0.39 is 11.7 Å². The molecule has 7 heteroatoms. The van der Waals surface area contributed by atoms with Crippen LogP contribution in [0.25, 0.3) is 10.9 Å². The number of aliphatic hydroxyl groups is 1. The summed E-state index contributed by atoms with van der Waals surface area (Å²) in [4.78, 5) is 10.8. The third-order valence-electron chi connectivity index (χ3n) is 5.39. The number of H-pyrrole nitrogens is 1. The average Bonchev–Trinajstić information content (AvgIpc) is 3.10. The van der Waals surface area contributed by atoms with Crippen LogP contribution in [0, 0.1) is 11.8 Å². The molecule has 4 N–H and O–H groups in total. The van der Waals surface area contributed by atoms with Crippen molar-refractivity contribution in [3.05, 3.63) is 28.9 Å². The highest BCUT2D eigenvalue weighted by Crippen LogP contribution is 2.54. The van der Waals surface area contributed by atoms with Gasteiger partial charge in [-0.05, 0) is 55.2 Å². The van der Waals surface area contributed by atoms with Gasteiger partial charge in [-0.25, -0.2) is 4.79 Å². The zero-order chi connectivity index (χ0) is 16.2. The van der Waals surface area contributed by atoms with Gasteiger partial charge in [0, 0.05) is 16.5 Å². The molecule has 0 saturated heterocycles. The average molecular weight is 336 g/mol. The second kappa shape index (κ2) is 5.11. The van der Waals surface area contributed by atoms with Crippen molar-refractivity contribution in [1.29, 1.82) is 0 Å². The van der Waals surface area contributed by atoms with E-state index in [-0.39, 0.29) is 6.04 Å². The van der Waals surface area contributed by atoms with E-state index in [9.17, 15) is 9.90 Å². The van der Waals surface area contributed by atoms with Crippen LogP contribution in [-0.4, -0.2) is 32.5 Å². The molecule has 2 aromatic rings. The molecule has 6 nitrogen and oxygen atoms in total. The Morgan fingerprint density at radius 2 is 2.04 bits per heavy atom. The van der Waals surface area contributed by atoms with Crippen LogP contribution in [0.2, 0.25) is 5.02 Å². The Kier molecular flexibility index (Phi) is 3.28. The third-order valence-corrected chi connectivity index (χ3v) is 5.61. The maximum Gasteiger partial charge on any atom is 0.404 e. The summed E-state index contributed by atoms with van der Waals surface area (Å²) in [6.45, 7) is 0. The summed E-state index contributed by atoms with van der Waals surface area (Å²) < 4.78 is 0. The van der Waals surface area contributed by atoms with Gasteiger partial charge in [-0.1, -0.05) is 11.6 Å². The second-order valence-electron chi connectivity index (χ2n) is 6.86. The highest BCUT2D eigenvalue weighted by Gasteiger charge is 2.50. The summed E-state index contributed by atoms with van der Waals surface area (Å²) in [7, 11) is 0. The molecule has 1 aromatic heterocycles. The maximum atomic E-state index is 11.2. The van der Waals surface area contributed by atoms with E-state index >= 15 is 0 Å². The molecule has 4 atom stereocenters. The summed E-state index contributed by atoms with van der Waals surface area (Å²) in [5, 5.41) is 31.1. The number of fused-ring (bicyclic) bond motifs is 2. The Bertz CT molecular complexity index is 761. The number of rotatable bonds is 2. The number of nitrogens with zero attached hydrogens (tertiary/aromatic N) is 1. The van der Waals surface area contributed by atoms with Crippen molar-refractivity contribution < 1.29 is 15.0 Å². The van der Waals surface area contributed by atoms with Crippen molar-refractivity contribution in [2.45, 2.75) is 37.3 Å². The number of hydrogen-bond acceptors (Lipinski definition) is 3. The summed E-state index contributed by atoms with van der Waals surface area (Å²) in [5.74, 6) is 0.663. The van der Waals surface area contributed by atoms with Crippen LogP contribution in [0.15, 0.2) is 18.3 Å². The number of aromatic amines is 1. The molecule has 4 rings (SSSR count). The quantitative estimate of drug-likeness (QED) is 0.678. The van der Waals surface area contributed by atoms with Crippen LogP contribution < -0.4 is 5.32 Å². The predicted molar refractivity (Wildman–Crippen MR) is 85.4 cm³/mol. The fourth-order valence-electron chi connectivity index (χ4n) is 4.58. The summed E-state index contributed by atoms with van der Waals surface area (Å²) in [6.07, 6.45) is 3.59. The first-order valence-corrected chi connectivity index (χ1v) is 8.17. The molecular formula is C16H18ClN3O3. The number of carbonyl (C=O) groups is 1. The van der Waals surface area contributed by atoms with Crippen molar-refractivity contribution >= 4 is 28.6 Å². The standard InChI is InChI=1S/C16H18ClN3O3/c17-10-3-13(12-7-18-20-14(12)4-10)16(23)5-8-1-11(19-15(21)22)2-9(8)6-16/h3-4,7-9,11,19,23H,1-2,5-6H2,(H,18,20)(H,21,22)/t8-,9+,11-,16+. The van der Waals surface area contributed by atoms with Gasteiger partial charge in [-0.15, -0.1) is 0 Å². The van der Waals surface area contributed by atoms with E-state index in [2.05, 4.69) is 15.5 Å². The van der Waals surface area contributed by atoms with E-state index in [0.717, 1.165) is 29.3 Å². The number of hydrogen-bond donors (Lipinski definition) is 4. The van der Waals surface area contributed by atoms with Crippen LogP contribution in [0.4, 0.5) is 4.79 Å². The van der Waals surface area contributed by atoms with Crippen LogP contribution >= 0.6 is 11.6 Å². The Balaban J connectivity index is 1.62. The molecule has 122 valence electrons. The lowest BCUT2D eigenvalue weighted by Crippen LogP contribution is -2.33. The molecule has 1 heterocycles. The fraction of sp³-hybridized carbons (Fsp3) is 0.500. The van der Waals surface area contributed by atoms with Crippen LogP contribution in [0.5, 0.6) is 0 Å². The van der Waals surface area contributed by atoms with Crippen LogP contribution in [0.1, 0.15) is 31.2 Å². The molecular weight excluding hydrogens is 318 g/mol. The third kappa shape index (κ3) is 2.46. The Labute approximate surface area is 137 Å². The van der Waals surface area contributed by atoms with Gasteiger partial charge < -0.3 is 15.5 Å². The van der Waals surface area contributed by atoms with Gasteiger partial charge >= 0.3 is 6.09 Å². The molecule has 0 bridgehead atoms. The molecule has 2 saturated carbocycles. The number of carboxylic acid groups (broad SMARTS) is 1. The van der Waals surface area contributed by atoms with E-state index in [1.54, 1.807) is 12.3 Å². The van der Waals surface area contributed by atoms with Crippen molar-refractivity contribution in [3.8, 4) is 0 Å². The number of nitrogens with one attached hydrogen (secondary N) is 2. The normalized spacial score (nSPS) is 33.0. The minimum Gasteiger partial charge on any atom is -0.465 e. The summed E-state index contributed by atoms with van der Waals surface area (Å²) >= 11 is 6.19. The molecule has 1 aromatic carbocycles. The van der Waals surface area contributed by atoms with Crippen molar-refractivity contribution in [1.82, 2.24) is 15.5 Å². The Hall–Kier alpha value is -1.79. The number of halogens is 1. The van der Waals surface area contributed by atoms with Crippen LogP contribution in [0.3, 0.4) is 0 Å². The van der Waals surface area contributed by atoms with Gasteiger partial charge in [0.2, 0.25) is 0 Å². The Morgan fingerprint density at radius 3 is 2.70 bits per heavy atom. The summed E-state index contributed by atoms with van der Waals surface area (Å²) in [5.41, 5.74) is 0.727. The topological polar surface area (TPSA) is 98.2 Å². The molecule has 0 radical (unpaired) electrons. The molecule has 0 unspecified atom stereocenters. The first-order valence-electron chi connectivity index (χ1n) is 7.79. The maximum absolute atomic E-state index is 11.2. The van der Waals surface area contributed by atoms with Gasteiger partial charge in [0.15, 0.2) is 0 Å². The van der Waals surface area contributed by atoms with Gasteiger partial charge in [0.1, 0.15) is 0 Å². The van der Waals surface area contributed by atoms with Crippen molar-refractivity contribution in [2.75, 3.05) is 0 Å². The lowest BCUT2D eigenvalue weighted by Gasteiger charge is -2.26. The number of amides is 1. The number of benzene rings is 1. The Morgan fingerprint density at radius 1 is 1.35 bits per heavy atom. The first kappa shape index (κ1) is 14.8. The molecule has 23 heavy (non-hydrogen) atoms. The monoisotopic (exact) mass is 335 g/mol. The van der Waals surface area contributed by atoms with Gasteiger partial charge in [0.05, 0.1) is 17.3 Å². The molecule has 2 aliphatic rings. The molecule has 0 aliphatic heterocycles. The van der Waals surface area contributed by atoms with E-state index in [0.29, 0.717) is 29.7 Å². The first-order chi connectivity index (χ1) is 10.9. The molecule has 2 aliphatic carbocycles. The smallest absolute Gasteiger partial charge is 0.404 e. The lowest BCUT2D eigenvalue weighted by molar-refractivity contribution is 0.0357. The van der Waals surface area contributed by atoms with Gasteiger partial charge in [0.25, 0.3) is 0 Å². The molecule has 1 amide bonds. The van der Waals surface area contributed by atoms with Crippen molar-refractivity contribution in [2.24, 2.45) is 11.8 Å².